The molecule has 0 aliphatic carbocycles. The molecule has 1 amide bonds. The van der Waals surface area contributed by atoms with Gasteiger partial charge in [-0.25, -0.2) is 4.98 Å². The van der Waals surface area contributed by atoms with Crippen molar-refractivity contribution in [3.05, 3.63) is 52.7 Å². The van der Waals surface area contributed by atoms with Crippen molar-refractivity contribution >= 4 is 23.2 Å². The minimum atomic E-state index is -0.237. The first-order valence-corrected chi connectivity index (χ1v) is 7.78. The van der Waals surface area contributed by atoms with E-state index in [4.69, 9.17) is 21.1 Å². The molecule has 5 nitrogen and oxygen atoms in total. The average Bonchev–Trinajstić information content (AvgIpc) is 3.05. The van der Waals surface area contributed by atoms with Gasteiger partial charge in [0.1, 0.15) is 6.10 Å². The zero-order valence-electron chi connectivity index (χ0n) is 12.7. The van der Waals surface area contributed by atoms with Crippen molar-refractivity contribution in [1.29, 1.82) is 0 Å². The van der Waals surface area contributed by atoms with Crippen LogP contribution in [0.15, 0.2) is 36.5 Å². The third-order valence-corrected chi connectivity index (χ3v) is 4.10. The van der Waals surface area contributed by atoms with Crippen LogP contribution in [0.4, 0.5) is 5.69 Å². The Kier molecular flexibility index (Phi) is 4.79. The molecule has 1 aliphatic rings. The number of nitrogens with one attached hydrogen (secondary N) is 1. The number of anilines is 1. The molecule has 0 spiro atoms. The van der Waals surface area contributed by atoms with Gasteiger partial charge in [0.25, 0.3) is 5.91 Å². The molecule has 0 saturated carbocycles. The van der Waals surface area contributed by atoms with E-state index in [-0.39, 0.29) is 12.0 Å². The summed E-state index contributed by atoms with van der Waals surface area (Å²) in [4.78, 5) is 16.5. The van der Waals surface area contributed by atoms with Gasteiger partial charge < -0.3 is 14.8 Å². The van der Waals surface area contributed by atoms with E-state index >= 15 is 0 Å². The van der Waals surface area contributed by atoms with Gasteiger partial charge in [-0.1, -0.05) is 17.7 Å². The smallest absolute Gasteiger partial charge is 0.257 e. The molecule has 1 fully saturated rings. The van der Waals surface area contributed by atoms with E-state index in [1.807, 2.05) is 13.0 Å². The molecule has 2 heterocycles. The molecule has 1 N–H and O–H groups in total. The minimum Gasteiger partial charge on any atom is -0.472 e. The van der Waals surface area contributed by atoms with Crippen LogP contribution < -0.4 is 10.1 Å². The number of pyridine rings is 1. The standard InChI is InChI=1S/C17H17ClN2O3/c1-11-14(18)3-2-4-15(11)20-17(21)12-5-6-16(19-9-12)23-13-7-8-22-10-13/h2-6,9,13H,7-8,10H2,1H3,(H,20,21). The largest absolute Gasteiger partial charge is 0.472 e. The first-order valence-electron chi connectivity index (χ1n) is 7.40. The molecular weight excluding hydrogens is 316 g/mol. The first-order chi connectivity index (χ1) is 11.1. The summed E-state index contributed by atoms with van der Waals surface area (Å²) in [6, 6.07) is 8.77. The van der Waals surface area contributed by atoms with Crippen LogP contribution >= 0.6 is 11.6 Å². The Hall–Kier alpha value is -2.11. The zero-order valence-corrected chi connectivity index (χ0v) is 13.5. The van der Waals surface area contributed by atoms with E-state index in [0.717, 1.165) is 12.0 Å². The van der Waals surface area contributed by atoms with Crippen LogP contribution in [0.25, 0.3) is 0 Å². The summed E-state index contributed by atoms with van der Waals surface area (Å²) < 4.78 is 10.9. The van der Waals surface area contributed by atoms with Crippen LogP contribution in [0, 0.1) is 6.92 Å². The number of halogens is 1. The maximum atomic E-state index is 12.3. The fourth-order valence-corrected chi connectivity index (χ4v) is 2.47. The molecule has 120 valence electrons. The van der Waals surface area contributed by atoms with Gasteiger partial charge in [0.15, 0.2) is 0 Å². The van der Waals surface area contributed by atoms with Gasteiger partial charge in [-0.15, -0.1) is 0 Å². The second-order valence-electron chi connectivity index (χ2n) is 5.36. The molecule has 1 unspecified atom stereocenters. The maximum Gasteiger partial charge on any atom is 0.257 e. The third kappa shape index (κ3) is 3.81. The molecule has 23 heavy (non-hydrogen) atoms. The van der Waals surface area contributed by atoms with Crippen molar-refractivity contribution in [3.63, 3.8) is 0 Å². The van der Waals surface area contributed by atoms with Crippen molar-refractivity contribution in [2.75, 3.05) is 18.5 Å². The van der Waals surface area contributed by atoms with Gasteiger partial charge in [0.2, 0.25) is 5.88 Å². The lowest BCUT2D eigenvalue weighted by atomic mass is 10.2. The lowest BCUT2D eigenvalue weighted by molar-refractivity contribution is 0.102. The lowest BCUT2D eigenvalue weighted by Crippen LogP contribution is -2.17. The number of aromatic nitrogens is 1. The number of hydrogen-bond donors (Lipinski definition) is 1. The molecule has 1 atom stereocenters. The van der Waals surface area contributed by atoms with Crippen molar-refractivity contribution in [2.45, 2.75) is 19.4 Å². The Bertz CT molecular complexity index is 697. The summed E-state index contributed by atoms with van der Waals surface area (Å²) in [5.74, 6) is 0.259. The first kappa shape index (κ1) is 15.8. The van der Waals surface area contributed by atoms with Crippen molar-refractivity contribution in [1.82, 2.24) is 4.98 Å². The molecule has 6 heteroatoms. The molecule has 3 rings (SSSR count). The predicted molar refractivity (Wildman–Crippen MR) is 88.2 cm³/mol. The number of amides is 1. The predicted octanol–water partition coefficient (Wildman–Crippen LogP) is 3.46. The molecule has 0 bridgehead atoms. The topological polar surface area (TPSA) is 60.5 Å². The van der Waals surface area contributed by atoms with E-state index in [1.165, 1.54) is 6.20 Å². The lowest BCUT2D eigenvalue weighted by Gasteiger charge is -2.12. The summed E-state index contributed by atoms with van der Waals surface area (Å²) >= 11 is 6.05. The third-order valence-electron chi connectivity index (χ3n) is 3.69. The molecule has 1 saturated heterocycles. The van der Waals surface area contributed by atoms with E-state index in [2.05, 4.69) is 10.3 Å². The monoisotopic (exact) mass is 332 g/mol. The number of ether oxygens (including phenoxy) is 2. The highest BCUT2D eigenvalue weighted by atomic mass is 35.5. The van der Waals surface area contributed by atoms with Crippen LogP contribution in [0.3, 0.4) is 0 Å². The van der Waals surface area contributed by atoms with Crippen LogP contribution in [-0.4, -0.2) is 30.2 Å². The molecule has 0 radical (unpaired) electrons. The number of benzene rings is 1. The highest BCUT2D eigenvalue weighted by Gasteiger charge is 2.18. The normalized spacial score (nSPS) is 17.0. The SMILES string of the molecule is Cc1c(Cl)cccc1NC(=O)c1ccc(OC2CCOC2)nc1. The highest BCUT2D eigenvalue weighted by molar-refractivity contribution is 6.31. The number of rotatable bonds is 4. The van der Waals surface area contributed by atoms with Crippen LogP contribution in [0.1, 0.15) is 22.3 Å². The molecule has 1 aromatic heterocycles. The molecule has 1 aliphatic heterocycles. The summed E-state index contributed by atoms with van der Waals surface area (Å²) in [7, 11) is 0. The Morgan fingerprint density at radius 1 is 1.39 bits per heavy atom. The zero-order chi connectivity index (χ0) is 16.2. The van der Waals surface area contributed by atoms with Crippen LogP contribution in [0.5, 0.6) is 5.88 Å². The summed E-state index contributed by atoms with van der Waals surface area (Å²) in [6.45, 7) is 3.15. The summed E-state index contributed by atoms with van der Waals surface area (Å²) in [5, 5.41) is 3.45. The summed E-state index contributed by atoms with van der Waals surface area (Å²) in [6.07, 6.45) is 2.40. The molecule has 2 aromatic rings. The van der Waals surface area contributed by atoms with Crippen LogP contribution in [0.2, 0.25) is 5.02 Å². The van der Waals surface area contributed by atoms with Crippen molar-refractivity contribution in [2.24, 2.45) is 0 Å². The van der Waals surface area contributed by atoms with Gasteiger partial charge >= 0.3 is 0 Å². The van der Waals surface area contributed by atoms with Crippen molar-refractivity contribution in [3.8, 4) is 5.88 Å². The molecule has 1 aromatic carbocycles. The van der Waals surface area contributed by atoms with Crippen molar-refractivity contribution < 1.29 is 14.3 Å². The van der Waals surface area contributed by atoms with Crippen LogP contribution in [-0.2, 0) is 4.74 Å². The number of carbonyl (C=O) groups is 1. The van der Waals surface area contributed by atoms with E-state index in [0.29, 0.717) is 35.4 Å². The average molecular weight is 333 g/mol. The summed E-state index contributed by atoms with van der Waals surface area (Å²) in [5.41, 5.74) is 1.97. The minimum absolute atomic E-state index is 0.0382. The molecular formula is C17H17ClN2O3. The fourth-order valence-electron chi connectivity index (χ4n) is 2.30. The van der Waals surface area contributed by atoms with E-state index in [9.17, 15) is 4.79 Å². The maximum absolute atomic E-state index is 12.3. The van der Waals surface area contributed by atoms with E-state index in [1.54, 1.807) is 24.3 Å². The van der Waals surface area contributed by atoms with E-state index < -0.39 is 0 Å². The van der Waals surface area contributed by atoms with Gasteiger partial charge in [-0.2, -0.15) is 0 Å². The van der Waals surface area contributed by atoms with Gasteiger partial charge in [-0.3, -0.25) is 4.79 Å². The quantitative estimate of drug-likeness (QED) is 0.931. The second kappa shape index (κ2) is 6.98. The fraction of sp³-hybridized carbons (Fsp3) is 0.294. The second-order valence-corrected chi connectivity index (χ2v) is 5.76. The Labute approximate surface area is 139 Å². The Morgan fingerprint density at radius 3 is 2.96 bits per heavy atom. The number of hydrogen-bond acceptors (Lipinski definition) is 4. The number of nitrogens with zero attached hydrogens (tertiary/aromatic N) is 1. The Morgan fingerprint density at radius 2 is 2.26 bits per heavy atom. The highest BCUT2D eigenvalue weighted by Crippen LogP contribution is 2.23. The Balaban J connectivity index is 1.66. The van der Waals surface area contributed by atoms with Gasteiger partial charge in [0, 0.05) is 29.4 Å². The van der Waals surface area contributed by atoms with Gasteiger partial charge in [-0.05, 0) is 30.7 Å². The number of carbonyl (C=O) groups excluding carboxylic acids is 1. The van der Waals surface area contributed by atoms with Gasteiger partial charge in [0.05, 0.1) is 18.8 Å².